The fraction of sp³-hybridized carbons (Fsp3) is 1.00. The first-order chi connectivity index (χ1) is 11.9. The van der Waals surface area contributed by atoms with Crippen LogP contribution in [-0.4, -0.2) is 43.9 Å². The molecule has 0 amide bonds. The Balaban J connectivity index is 1.25. The zero-order valence-electron chi connectivity index (χ0n) is 15.4. The average Bonchev–Trinajstić information content (AvgIpc) is 3.12. The third kappa shape index (κ3) is 4.32. The van der Waals surface area contributed by atoms with Crippen molar-refractivity contribution >= 4 is 0 Å². The first-order valence-electron chi connectivity index (χ1n) is 10.8. The second-order valence-electron chi connectivity index (χ2n) is 9.01. The number of hydrogen-bond donors (Lipinski definition) is 3. The molecule has 4 rings (SSSR count). The summed E-state index contributed by atoms with van der Waals surface area (Å²) in [6.45, 7) is 6.07. The van der Waals surface area contributed by atoms with Crippen LogP contribution >= 0.6 is 0 Å². The molecule has 4 nitrogen and oxygen atoms in total. The fourth-order valence-electron chi connectivity index (χ4n) is 5.89. The summed E-state index contributed by atoms with van der Waals surface area (Å²) in [5.41, 5.74) is 3.93. The molecule has 2 aliphatic heterocycles. The zero-order valence-corrected chi connectivity index (χ0v) is 15.4. The third-order valence-corrected chi connectivity index (χ3v) is 7.32. The maximum Gasteiger partial charge on any atom is 0.0454 e. The minimum Gasteiger partial charge on any atom is -0.304 e. The van der Waals surface area contributed by atoms with E-state index in [1.165, 1.54) is 90.4 Å². The molecule has 0 aromatic carbocycles. The van der Waals surface area contributed by atoms with Crippen LogP contribution in [0.25, 0.3) is 0 Å². The van der Waals surface area contributed by atoms with Crippen LogP contribution in [0.5, 0.6) is 0 Å². The third-order valence-electron chi connectivity index (χ3n) is 7.32. The van der Waals surface area contributed by atoms with Crippen LogP contribution in [-0.2, 0) is 0 Å². The monoisotopic (exact) mass is 334 g/mol. The molecule has 2 saturated carbocycles. The number of hydrogen-bond acceptors (Lipinski definition) is 4. The van der Waals surface area contributed by atoms with Gasteiger partial charge in [0.1, 0.15) is 0 Å². The van der Waals surface area contributed by atoms with E-state index in [0.29, 0.717) is 0 Å². The topological polar surface area (TPSA) is 39.3 Å². The van der Waals surface area contributed by atoms with Crippen molar-refractivity contribution in [1.29, 1.82) is 0 Å². The second-order valence-corrected chi connectivity index (χ2v) is 9.01. The maximum absolute atomic E-state index is 3.93. The highest BCUT2D eigenvalue weighted by atomic mass is 15.5. The van der Waals surface area contributed by atoms with Crippen LogP contribution in [0.2, 0.25) is 0 Å². The SMILES string of the molecule is C1CCC(CN2CCC(C3CCCC(C4CNCNC4)C3)N2)CC1. The molecule has 2 aliphatic carbocycles. The van der Waals surface area contributed by atoms with Crippen molar-refractivity contribution in [2.45, 2.75) is 70.3 Å². The molecule has 2 saturated heterocycles. The van der Waals surface area contributed by atoms with Gasteiger partial charge in [0.25, 0.3) is 0 Å². The highest BCUT2D eigenvalue weighted by Crippen LogP contribution is 2.37. The first-order valence-corrected chi connectivity index (χ1v) is 10.8. The lowest BCUT2D eigenvalue weighted by Gasteiger charge is -2.39. The molecule has 2 heterocycles. The molecular weight excluding hydrogens is 296 g/mol. The zero-order chi connectivity index (χ0) is 16.2. The van der Waals surface area contributed by atoms with Gasteiger partial charge in [-0.15, -0.1) is 0 Å². The Labute approximate surface area is 148 Å². The van der Waals surface area contributed by atoms with E-state index in [1.54, 1.807) is 0 Å². The molecule has 4 fully saturated rings. The second kappa shape index (κ2) is 8.48. The summed E-state index contributed by atoms with van der Waals surface area (Å²) in [6, 6.07) is 0.765. The van der Waals surface area contributed by atoms with Crippen LogP contribution in [0.4, 0.5) is 0 Å². The minimum absolute atomic E-state index is 0.765. The smallest absolute Gasteiger partial charge is 0.0454 e. The van der Waals surface area contributed by atoms with E-state index in [9.17, 15) is 0 Å². The molecule has 24 heavy (non-hydrogen) atoms. The van der Waals surface area contributed by atoms with Crippen LogP contribution in [0.3, 0.4) is 0 Å². The van der Waals surface area contributed by atoms with Gasteiger partial charge in [-0.2, -0.15) is 0 Å². The van der Waals surface area contributed by atoms with Crippen LogP contribution in [0.15, 0.2) is 0 Å². The highest BCUT2D eigenvalue weighted by molar-refractivity contribution is 4.89. The summed E-state index contributed by atoms with van der Waals surface area (Å²) in [5.74, 6) is 3.69. The minimum atomic E-state index is 0.765. The van der Waals surface area contributed by atoms with Crippen molar-refractivity contribution in [3.63, 3.8) is 0 Å². The lowest BCUT2D eigenvalue weighted by molar-refractivity contribution is 0.123. The Morgan fingerprint density at radius 2 is 1.54 bits per heavy atom. The molecular formula is C20H38N4. The molecule has 0 aromatic heterocycles. The van der Waals surface area contributed by atoms with Gasteiger partial charge in [0.2, 0.25) is 0 Å². The van der Waals surface area contributed by atoms with E-state index in [2.05, 4.69) is 21.1 Å². The van der Waals surface area contributed by atoms with Gasteiger partial charge in [-0.3, -0.25) is 5.43 Å². The molecule has 4 aliphatic rings. The molecule has 4 heteroatoms. The molecule has 138 valence electrons. The highest BCUT2D eigenvalue weighted by Gasteiger charge is 2.36. The molecule has 0 aromatic rings. The Morgan fingerprint density at radius 1 is 0.750 bits per heavy atom. The summed E-state index contributed by atoms with van der Waals surface area (Å²) >= 11 is 0. The lowest BCUT2D eigenvalue weighted by Crippen LogP contribution is -2.48. The van der Waals surface area contributed by atoms with Gasteiger partial charge in [-0.25, -0.2) is 5.01 Å². The van der Waals surface area contributed by atoms with Crippen molar-refractivity contribution in [2.75, 3.05) is 32.8 Å². The van der Waals surface area contributed by atoms with Gasteiger partial charge in [0.05, 0.1) is 0 Å². The van der Waals surface area contributed by atoms with Crippen molar-refractivity contribution in [1.82, 2.24) is 21.1 Å². The number of hydrazine groups is 1. The Bertz CT molecular complexity index is 376. The molecule has 0 spiro atoms. The van der Waals surface area contributed by atoms with Gasteiger partial charge >= 0.3 is 0 Å². The summed E-state index contributed by atoms with van der Waals surface area (Å²) in [4.78, 5) is 0. The summed E-state index contributed by atoms with van der Waals surface area (Å²) in [7, 11) is 0. The van der Waals surface area contributed by atoms with Gasteiger partial charge in [-0.1, -0.05) is 32.1 Å². The van der Waals surface area contributed by atoms with Gasteiger partial charge in [0.15, 0.2) is 0 Å². The lowest BCUT2D eigenvalue weighted by atomic mass is 9.72. The first kappa shape index (κ1) is 17.3. The Hall–Kier alpha value is -0.160. The normalized spacial score (nSPS) is 37.8. The van der Waals surface area contributed by atoms with Crippen LogP contribution in [0, 0.1) is 23.7 Å². The van der Waals surface area contributed by atoms with Crippen LogP contribution in [0.1, 0.15) is 64.2 Å². The Morgan fingerprint density at radius 3 is 2.38 bits per heavy atom. The predicted molar refractivity (Wildman–Crippen MR) is 99.5 cm³/mol. The summed E-state index contributed by atoms with van der Waals surface area (Å²) in [5, 5.41) is 9.66. The summed E-state index contributed by atoms with van der Waals surface area (Å²) in [6.07, 6.45) is 14.6. The maximum atomic E-state index is 3.93. The van der Waals surface area contributed by atoms with E-state index in [0.717, 1.165) is 36.4 Å². The fourth-order valence-corrected chi connectivity index (χ4v) is 5.89. The number of nitrogens with zero attached hydrogens (tertiary/aromatic N) is 1. The van der Waals surface area contributed by atoms with Gasteiger partial charge in [0, 0.05) is 38.9 Å². The van der Waals surface area contributed by atoms with E-state index in [1.807, 2.05) is 0 Å². The van der Waals surface area contributed by atoms with E-state index < -0.39 is 0 Å². The predicted octanol–water partition coefficient (Wildman–Crippen LogP) is 2.72. The number of nitrogens with one attached hydrogen (secondary N) is 3. The van der Waals surface area contributed by atoms with E-state index >= 15 is 0 Å². The molecule has 3 unspecified atom stereocenters. The van der Waals surface area contributed by atoms with Crippen molar-refractivity contribution < 1.29 is 0 Å². The van der Waals surface area contributed by atoms with Crippen molar-refractivity contribution in [3.8, 4) is 0 Å². The average molecular weight is 335 g/mol. The van der Waals surface area contributed by atoms with E-state index in [-0.39, 0.29) is 0 Å². The Kier molecular flexibility index (Phi) is 6.10. The van der Waals surface area contributed by atoms with Crippen LogP contribution < -0.4 is 16.1 Å². The number of rotatable bonds is 4. The standard InChI is InChI=1S/C20H38N4/c1-2-5-16(6-3-1)14-24-10-9-20(23-24)18-8-4-7-17(11-18)19-12-21-15-22-13-19/h16-23H,1-15H2. The molecule has 3 N–H and O–H groups in total. The van der Waals surface area contributed by atoms with Gasteiger partial charge < -0.3 is 10.6 Å². The molecule has 3 atom stereocenters. The quantitative estimate of drug-likeness (QED) is 0.739. The van der Waals surface area contributed by atoms with Crippen molar-refractivity contribution in [2.24, 2.45) is 23.7 Å². The summed E-state index contributed by atoms with van der Waals surface area (Å²) < 4.78 is 0. The largest absolute Gasteiger partial charge is 0.304 e. The molecule has 0 bridgehead atoms. The molecule has 0 radical (unpaired) electrons. The van der Waals surface area contributed by atoms with E-state index in [4.69, 9.17) is 0 Å². The van der Waals surface area contributed by atoms with Crippen molar-refractivity contribution in [3.05, 3.63) is 0 Å². The van der Waals surface area contributed by atoms with Gasteiger partial charge in [-0.05, 0) is 55.8 Å².